The van der Waals surface area contributed by atoms with Gasteiger partial charge in [-0.3, -0.25) is 14.4 Å². The Morgan fingerprint density at radius 1 is 1.17 bits per heavy atom. The maximum Gasteiger partial charge on any atom is 0.387 e. The number of alkyl halides is 2. The summed E-state index contributed by atoms with van der Waals surface area (Å²) in [6.07, 6.45) is -0.282. The molecule has 2 N–H and O–H groups in total. The van der Waals surface area contributed by atoms with Crippen LogP contribution in [0.25, 0.3) is 0 Å². The summed E-state index contributed by atoms with van der Waals surface area (Å²) in [7, 11) is 0. The van der Waals surface area contributed by atoms with Gasteiger partial charge in [-0.2, -0.15) is 8.78 Å². The highest BCUT2D eigenvalue weighted by atomic mass is 19.3. The number of hydrogen-bond acceptors (Lipinski definition) is 4. The van der Waals surface area contributed by atoms with Crippen LogP contribution < -0.4 is 15.4 Å². The van der Waals surface area contributed by atoms with Gasteiger partial charge in [0.25, 0.3) is 0 Å². The standard InChI is InChI=1S/C20H19F2N3O4/c21-20(22)29-15-8-4-7-14(9-15)23-17(26)10-16-19(28)25(12-18(27)24-16)11-13-5-2-1-3-6-13/h1-9,16,20H,10-12H2,(H,23,26)(H,24,27). The first-order valence-electron chi connectivity index (χ1n) is 8.87. The lowest BCUT2D eigenvalue weighted by Gasteiger charge is -2.32. The molecule has 1 saturated heterocycles. The molecule has 7 nitrogen and oxygen atoms in total. The average Bonchev–Trinajstić information content (AvgIpc) is 2.66. The maximum atomic E-state index is 12.7. The van der Waals surface area contributed by atoms with Gasteiger partial charge in [0, 0.05) is 18.3 Å². The summed E-state index contributed by atoms with van der Waals surface area (Å²) in [6, 6.07) is 13.7. The number of ether oxygens (including phenoxy) is 1. The molecule has 0 radical (unpaired) electrons. The number of piperazine rings is 1. The van der Waals surface area contributed by atoms with Gasteiger partial charge in [0.15, 0.2) is 0 Å². The van der Waals surface area contributed by atoms with E-state index in [1.165, 1.54) is 29.2 Å². The molecule has 1 fully saturated rings. The molecule has 1 unspecified atom stereocenters. The Hall–Kier alpha value is -3.49. The summed E-state index contributed by atoms with van der Waals surface area (Å²) in [5, 5.41) is 5.04. The fraction of sp³-hybridized carbons (Fsp3) is 0.250. The van der Waals surface area contributed by atoms with Crippen molar-refractivity contribution in [1.82, 2.24) is 10.2 Å². The van der Waals surface area contributed by atoms with E-state index >= 15 is 0 Å². The van der Waals surface area contributed by atoms with Gasteiger partial charge in [-0.1, -0.05) is 36.4 Å². The van der Waals surface area contributed by atoms with E-state index in [9.17, 15) is 23.2 Å². The fourth-order valence-corrected chi connectivity index (χ4v) is 3.00. The van der Waals surface area contributed by atoms with Crippen molar-refractivity contribution in [3.63, 3.8) is 0 Å². The highest BCUT2D eigenvalue weighted by Crippen LogP contribution is 2.20. The monoisotopic (exact) mass is 403 g/mol. The van der Waals surface area contributed by atoms with E-state index in [2.05, 4.69) is 15.4 Å². The number of carbonyl (C=O) groups excluding carboxylic acids is 3. The molecule has 2 aromatic carbocycles. The first kappa shape index (κ1) is 20.2. The Kier molecular flexibility index (Phi) is 6.38. The molecule has 0 aromatic heterocycles. The Balaban J connectivity index is 1.61. The highest BCUT2D eigenvalue weighted by Gasteiger charge is 2.34. The highest BCUT2D eigenvalue weighted by molar-refractivity contribution is 6.00. The van der Waals surface area contributed by atoms with Crippen LogP contribution in [0.15, 0.2) is 54.6 Å². The zero-order valence-corrected chi connectivity index (χ0v) is 15.3. The molecule has 0 bridgehead atoms. The lowest BCUT2D eigenvalue weighted by molar-refractivity contribution is -0.145. The van der Waals surface area contributed by atoms with Crippen LogP contribution in [-0.4, -0.2) is 41.8 Å². The first-order valence-corrected chi connectivity index (χ1v) is 8.87. The number of benzene rings is 2. The maximum absolute atomic E-state index is 12.7. The Bertz CT molecular complexity index is 892. The molecule has 29 heavy (non-hydrogen) atoms. The Morgan fingerprint density at radius 2 is 1.93 bits per heavy atom. The third kappa shape index (κ3) is 5.74. The summed E-state index contributed by atoms with van der Waals surface area (Å²) in [5.74, 6) is -1.36. The average molecular weight is 403 g/mol. The number of halogens is 2. The number of nitrogens with one attached hydrogen (secondary N) is 2. The van der Waals surface area contributed by atoms with E-state index in [0.717, 1.165) is 5.56 Å². The van der Waals surface area contributed by atoms with Gasteiger partial charge in [-0.25, -0.2) is 0 Å². The molecule has 3 rings (SSSR count). The second kappa shape index (κ2) is 9.13. The van der Waals surface area contributed by atoms with Crippen LogP contribution in [0.4, 0.5) is 14.5 Å². The molecular formula is C20H19F2N3O4. The van der Waals surface area contributed by atoms with Crippen molar-refractivity contribution in [2.45, 2.75) is 25.6 Å². The lowest BCUT2D eigenvalue weighted by Crippen LogP contribution is -2.58. The summed E-state index contributed by atoms with van der Waals surface area (Å²) in [5.41, 5.74) is 1.11. The minimum atomic E-state index is -2.98. The van der Waals surface area contributed by atoms with Crippen molar-refractivity contribution in [2.24, 2.45) is 0 Å². The minimum Gasteiger partial charge on any atom is -0.435 e. The number of nitrogens with zero attached hydrogens (tertiary/aromatic N) is 1. The summed E-state index contributed by atoms with van der Waals surface area (Å²) in [6.45, 7) is -2.80. The van der Waals surface area contributed by atoms with Crippen molar-refractivity contribution < 1.29 is 27.9 Å². The number of carbonyl (C=O) groups is 3. The van der Waals surface area contributed by atoms with Gasteiger partial charge in [0.1, 0.15) is 11.8 Å². The molecule has 1 atom stereocenters. The SMILES string of the molecule is O=C(CC1NC(=O)CN(Cc2ccccc2)C1=O)Nc1cccc(OC(F)F)c1. The van der Waals surface area contributed by atoms with Crippen LogP contribution in [-0.2, 0) is 20.9 Å². The van der Waals surface area contributed by atoms with E-state index < -0.39 is 18.6 Å². The predicted molar refractivity (Wildman–Crippen MR) is 100 cm³/mol. The summed E-state index contributed by atoms with van der Waals surface area (Å²) >= 11 is 0. The van der Waals surface area contributed by atoms with Crippen LogP contribution in [0.5, 0.6) is 5.75 Å². The van der Waals surface area contributed by atoms with E-state index in [1.807, 2.05) is 30.3 Å². The van der Waals surface area contributed by atoms with Gasteiger partial charge < -0.3 is 20.3 Å². The Labute approximate surface area is 165 Å². The van der Waals surface area contributed by atoms with Crippen LogP contribution in [0.1, 0.15) is 12.0 Å². The Morgan fingerprint density at radius 3 is 2.66 bits per heavy atom. The van der Waals surface area contributed by atoms with Gasteiger partial charge in [0.2, 0.25) is 17.7 Å². The van der Waals surface area contributed by atoms with E-state index in [1.54, 1.807) is 0 Å². The molecule has 0 spiro atoms. The quantitative estimate of drug-likeness (QED) is 0.742. The lowest BCUT2D eigenvalue weighted by atomic mass is 10.1. The van der Waals surface area contributed by atoms with Crippen LogP contribution in [0.2, 0.25) is 0 Å². The predicted octanol–water partition coefficient (Wildman–Crippen LogP) is 2.14. The normalized spacial score (nSPS) is 16.5. The number of hydrogen-bond donors (Lipinski definition) is 2. The molecule has 2 aromatic rings. The zero-order chi connectivity index (χ0) is 20.8. The second-order valence-electron chi connectivity index (χ2n) is 6.46. The smallest absolute Gasteiger partial charge is 0.387 e. The van der Waals surface area contributed by atoms with Crippen LogP contribution >= 0.6 is 0 Å². The summed E-state index contributed by atoms with van der Waals surface area (Å²) in [4.78, 5) is 38.4. The molecule has 0 aliphatic carbocycles. The van der Waals surface area contributed by atoms with Gasteiger partial charge in [0.05, 0.1) is 13.0 Å². The molecule has 9 heteroatoms. The van der Waals surface area contributed by atoms with Crippen molar-refractivity contribution in [3.8, 4) is 5.75 Å². The molecule has 152 valence electrons. The van der Waals surface area contributed by atoms with E-state index in [0.29, 0.717) is 0 Å². The molecule has 1 aliphatic rings. The largest absolute Gasteiger partial charge is 0.435 e. The van der Waals surface area contributed by atoms with Crippen molar-refractivity contribution in [2.75, 3.05) is 11.9 Å². The molecule has 1 aliphatic heterocycles. The van der Waals surface area contributed by atoms with E-state index in [-0.39, 0.29) is 42.8 Å². The summed E-state index contributed by atoms with van der Waals surface area (Å²) < 4.78 is 28.9. The third-order valence-electron chi connectivity index (χ3n) is 4.23. The molecule has 3 amide bonds. The topological polar surface area (TPSA) is 87.7 Å². The first-order chi connectivity index (χ1) is 13.9. The second-order valence-corrected chi connectivity index (χ2v) is 6.46. The zero-order valence-electron chi connectivity index (χ0n) is 15.3. The third-order valence-corrected chi connectivity index (χ3v) is 4.23. The number of rotatable bonds is 7. The molecule has 1 heterocycles. The van der Waals surface area contributed by atoms with Gasteiger partial charge in [-0.15, -0.1) is 0 Å². The van der Waals surface area contributed by atoms with Crippen LogP contribution in [0.3, 0.4) is 0 Å². The minimum absolute atomic E-state index is 0.0845. The van der Waals surface area contributed by atoms with Gasteiger partial charge >= 0.3 is 6.61 Å². The van der Waals surface area contributed by atoms with Crippen LogP contribution in [0, 0.1) is 0 Å². The number of amides is 3. The molecular weight excluding hydrogens is 384 g/mol. The number of anilines is 1. The van der Waals surface area contributed by atoms with Crippen molar-refractivity contribution >= 4 is 23.4 Å². The van der Waals surface area contributed by atoms with Crippen molar-refractivity contribution in [1.29, 1.82) is 0 Å². The van der Waals surface area contributed by atoms with E-state index in [4.69, 9.17) is 0 Å². The fourth-order valence-electron chi connectivity index (χ4n) is 3.00. The van der Waals surface area contributed by atoms with Crippen molar-refractivity contribution in [3.05, 3.63) is 60.2 Å². The van der Waals surface area contributed by atoms with Gasteiger partial charge in [-0.05, 0) is 17.7 Å². The molecule has 0 saturated carbocycles.